The Hall–Kier alpha value is -1.72. The molecule has 1 unspecified atom stereocenters. The van der Waals surface area contributed by atoms with Gasteiger partial charge in [0.05, 0.1) is 0 Å². The van der Waals surface area contributed by atoms with Crippen molar-refractivity contribution in [3.05, 3.63) is 0 Å². The van der Waals surface area contributed by atoms with Gasteiger partial charge in [-0.05, 0) is 0 Å². The van der Waals surface area contributed by atoms with Gasteiger partial charge in [0.1, 0.15) is 6.34 Å². The van der Waals surface area contributed by atoms with Crippen LogP contribution in [0.25, 0.3) is 0 Å². The molecule has 1 atom stereocenters. The first-order chi connectivity index (χ1) is 6.13. The van der Waals surface area contributed by atoms with Gasteiger partial charge in [-0.25, -0.2) is 14.8 Å². The normalized spacial score (nSPS) is 26.6. The highest BCUT2D eigenvalue weighted by atomic mass is 16.2. The smallest absolute Gasteiger partial charge is 0.299 e. The first kappa shape index (κ1) is 7.90. The van der Waals surface area contributed by atoms with Crippen LogP contribution >= 0.6 is 0 Å². The van der Waals surface area contributed by atoms with Crippen molar-refractivity contribution >= 4 is 24.0 Å². The van der Waals surface area contributed by atoms with Gasteiger partial charge in [-0.15, -0.1) is 0 Å². The highest BCUT2D eigenvalue weighted by Gasteiger charge is 2.41. The summed E-state index contributed by atoms with van der Waals surface area (Å²) in [6.45, 7) is 0. The number of carbonyl (C=O) groups is 2. The third-order valence-corrected chi connectivity index (χ3v) is 2.13. The van der Waals surface area contributed by atoms with E-state index in [9.17, 15) is 9.59 Å². The number of urea groups is 1. The minimum Gasteiger partial charge on any atom is -0.299 e. The monoisotopic (exact) mass is 180 g/mol. The maximum atomic E-state index is 11.4. The van der Waals surface area contributed by atoms with E-state index in [1.54, 1.807) is 7.05 Å². The summed E-state index contributed by atoms with van der Waals surface area (Å²) in [5.74, 6) is -0.370. The first-order valence-electron chi connectivity index (χ1n) is 3.77. The van der Waals surface area contributed by atoms with Crippen molar-refractivity contribution in [3.63, 3.8) is 0 Å². The van der Waals surface area contributed by atoms with Crippen molar-refractivity contribution in [2.45, 2.75) is 6.17 Å². The fourth-order valence-electron chi connectivity index (χ4n) is 1.34. The van der Waals surface area contributed by atoms with Crippen LogP contribution in [0.15, 0.2) is 9.98 Å². The van der Waals surface area contributed by atoms with E-state index in [0.29, 0.717) is 5.71 Å². The van der Waals surface area contributed by atoms with Crippen LogP contribution in [-0.2, 0) is 4.79 Å². The predicted octanol–water partition coefficient (Wildman–Crippen LogP) is -0.681. The Morgan fingerprint density at radius 1 is 1.38 bits per heavy atom. The van der Waals surface area contributed by atoms with E-state index in [4.69, 9.17) is 0 Å². The lowest BCUT2D eigenvalue weighted by Gasteiger charge is -2.32. The van der Waals surface area contributed by atoms with Gasteiger partial charge in [0.2, 0.25) is 0 Å². The van der Waals surface area contributed by atoms with Crippen LogP contribution in [0, 0.1) is 0 Å². The molecule has 13 heavy (non-hydrogen) atoms. The van der Waals surface area contributed by atoms with E-state index in [-0.39, 0.29) is 11.9 Å². The largest absolute Gasteiger partial charge is 0.328 e. The van der Waals surface area contributed by atoms with Crippen LogP contribution in [0.2, 0.25) is 0 Å². The summed E-state index contributed by atoms with van der Waals surface area (Å²) >= 11 is 0. The van der Waals surface area contributed by atoms with E-state index in [1.807, 2.05) is 0 Å². The number of imide groups is 1. The second kappa shape index (κ2) is 2.38. The summed E-state index contributed by atoms with van der Waals surface area (Å²) in [5.41, 5.74) is 0.310. The predicted molar refractivity (Wildman–Crippen MR) is 45.6 cm³/mol. The molecule has 1 fully saturated rings. The zero-order valence-corrected chi connectivity index (χ0v) is 7.26. The van der Waals surface area contributed by atoms with Crippen molar-refractivity contribution in [1.29, 1.82) is 0 Å². The Morgan fingerprint density at radius 2 is 2.08 bits per heavy atom. The molecule has 0 aromatic rings. The number of aliphatic imine (C=N–C) groups is 2. The molecule has 68 valence electrons. The van der Waals surface area contributed by atoms with Crippen molar-refractivity contribution < 1.29 is 9.59 Å². The summed E-state index contributed by atoms with van der Waals surface area (Å²) in [4.78, 5) is 32.9. The van der Waals surface area contributed by atoms with E-state index in [0.717, 1.165) is 4.90 Å². The Labute approximate surface area is 74.6 Å². The molecule has 6 nitrogen and oxygen atoms in total. The maximum Gasteiger partial charge on any atom is 0.328 e. The van der Waals surface area contributed by atoms with Crippen molar-refractivity contribution in [2.75, 3.05) is 14.1 Å². The van der Waals surface area contributed by atoms with Crippen molar-refractivity contribution in [1.82, 2.24) is 9.80 Å². The standard InChI is InChI=1S/C7H8N4O2/c1-10-5-4(8-3-9-5)6(12)11(2)7(10)13/h3,5H,1-2H3. The molecular formula is C7H8N4O2. The van der Waals surface area contributed by atoms with E-state index < -0.39 is 6.17 Å². The zero-order valence-electron chi connectivity index (χ0n) is 7.26. The highest BCUT2D eigenvalue weighted by molar-refractivity contribution is 6.46. The Morgan fingerprint density at radius 3 is 2.77 bits per heavy atom. The molecule has 0 aliphatic carbocycles. The Kier molecular flexibility index (Phi) is 1.45. The molecule has 0 aromatic carbocycles. The molecule has 1 saturated heterocycles. The Bertz CT molecular complexity index is 346. The molecular weight excluding hydrogens is 172 g/mol. The third kappa shape index (κ3) is 0.881. The SMILES string of the molecule is CN1C(=O)C2=NC=NC2N(C)C1=O. The van der Waals surface area contributed by atoms with Crippen LogP contribution in [0.4, 0.5) is 4.79 Å². The summed E-state index contributed by atoms with van der Waals surface area (Å²) in [5, 5.41) is 0. The fourth-order valence-corrected chi connectivity index (χ4v) is 1.34. The zero-order chi connectivity index (χ0) is 9.59. The van der Waals surface area contributed by atoms with Crippen LogP contribution in [0.3, 0.4) is 0 Å². The molecule has 0 aromatic heterocycles. The highest BCUT2D eigenvalue weighted by Crippen LogP contribution is 2.15. The minimum atomic E-state index is -0.517. The van der Waals surface area contributed by atoms with Gasteiger partial charge < -0.3 is 0 Å². The van der Waals surface area contributed by atoms with Gasteiger partial charge in [0.25, 0.3) is 5.91 Å². The first-order valence-corrected chi connectivity index (χ1v) is 3.77. The number of amides is 3. The summed E-state index contributed by atoms with van der Waals surface area (Å²) in [7, 11) is 3.02. The average molecular weight is 180 g/mol. The molecule has 0 radical (unpaired) electrons. The fraction of sp³-hybridized carbons (Fsp3) is 0.429. The van der Waals surface area contributed by atoms with Gasteiger partial charge in [0.15, 0.2) is 11.9 Å². The van der Waals surface area contributed by atoms with Crippen molar-refractivity contribution in [2.24, 2.45) is 9.98 Å². The topological polar surface area (TPSA) is 65.3 Å². The molecule has 2 rings (SSSR count). The summed E-state index contributed by atoms with van der Waals surface area (Å²) < 4.78 is 0. The summed E-state index contributed by atoms with van der Waals surface area (Å²) in [6, 6.07) is -0.354. The molecule has 0 spiro atoms. The average Bonchev–Trinajstić information content (AvgIpc) is 2.59. The van der Waals surface area contributed by atoms with E-state index in [1.165, 1.54) is 18.3 Å². The number of rotatable bonds is 0. The third-order valence-electron chi connectivity index (χ3n) is 2.13. The quantitative estimate of drug-likeness (QED) is 0.495. The molecule has 2 heterocycles. The molecule has 2 aliphatic heterocycles. The van der Waals surface area contributed by atoms with E-state index >= 15 is 0 Å². The van der Waals surface area contributed by atoms with Gasteiger partial charge in [-0.2, -0.15) is 0 Å². The van der Waals surface area contributed by atoms with Gasteiger partial charge in [-0.3, -0.25) is 14.6 Å². The lowest BCUT2D eigenvalue weighted by atomic mass is 10.2. The second-order valence-electron chi connectivity index (χ2n) is 2.91. The molecule has 2 aliphatic rings. The van der Waals surface area contributed by atoms with Gasteiger partial charge in [0, 0.05) is 14.1 Å². The Balaban J connectivity index is 2.41. The minimum absolute atomic E-state index is 0.310. The molecule has 3 amide bonds. The molecule has 6 heteroatoms. The van der Waals surface area contributed by atoms with E-state index in [2.05, 4.69) is 9.98 Å². The van der Waals surface area contributed by atoms with Gasteiger partial charge >= 0.3 is 6.03 Å². The molecule has 0 N–H and O–H groups in total. The van der Waals surface area contributed by atoms with Gasteiger partial charge in [-0.1, -0.05) is 0 Å². The second-order valence-corrected chi connectivity index (χ2v) is 2.91. The lowest BCUT2D eigenvalue weighted by Crippen LogP contribution is -2.58. The van der Waals surface area contributed by atoms with Crippen LogP contribution in [-0.4, -0.2) is 54.0 Å². The maximum absolute atomic E-state index is 11.4. The van der Waals surface area contributed by atoms with Crippen LogP contribution < -0.4 is 0 Å². The number of hydrogen-bond donors (Lipinski definition) is 0. The summed E-state index contributed by atoms with van der Waals surface area (Å²) in [6.07, 6.45) is 0.789. The molecule has 0 saturated carbocycles. The number of nitrogens with zero attached hydrogens (tertiary/aromatic N) is 4. The van der Waals surface area contributed by atoms with Crippen molar-refractivity contribution in [3.8, 4) is 0 Å². The number of carbonyl (C=O) groups excluding carboxylic acids is 2. The number of fused-ring (bicyclic) bond motifs is 1. The van der Waals surface area contributed by atoms with Crippen LogP contribution in [0.5, 0.6) is 0 Å². The lowest BCUT2D eigenvalue weighted by molar-refractivity contribution is -0.122. The number of hydrogen-bond acceptors (Lipinski definition) is 4. The van der Waals surface area contributed by atoms with Crippen LogP contribution in [0.1, 0.15) is 0 Å². The molecule has 0 bridgehead atoms.